The molecule has 138 valence electrons. The molecule has 2 rings (SSSR count). The molecule has 1 unspecified atom stereocenters. The fourth-order valence-electron chi connectivity index (χ4n) is 3.25. The summed E-state index contributed by atoms with van der Waals surface area (Å²) in [5.74, 6) is 0.153. The molecule has 1 atom stereocenters. The van der Waals surface area contributed by atoms with Crippen LogP contribution >= 0.6 is 0 Å². The number of carbonyl (C=O) groups is 2. The number of piperidine rings is 1. The summed E-state index contributed by atoms with van der Waals surface area (Å²) in [5, 5.41) is 3.37. The van der Waals surface area contributed by atoms with Crippen LogP contribution in [0.3, 0.4) is 0 Å². The van der Waals surface area contributed by atoms with Gasteiger partial charge in [-0.05, 0) is 56.2 Å². The predicted octanol–water partition coefficient (Wildman–Crippen LogP) is 4.03. The Kier molecular flexibility index (Phi) is 8.46. The fourth-order valence-corrected chi connectivity index (χ4v) is 3.25. The van der Waals surface area contributed by atoms with Crippen molar-refractivity contribution < 1.29 is 19.1 Å². The number of hydrogen-bond acceptors (Lipinski definition) is 5. The molecule has 1 heterocycles. The SMILES string of the molecule is CCCCOC(=O)OC(=O)CC(CC1CCNCC1)c1ccccc1. The maximum atomic E-state index is 12.2. The Morgan fingerprint density at radius 3 is 2.60 bits per heavy atom. The topological polar surface area (TPSA) is 64.6 Å². The van der Waals surface area contributed by atoms with Crippen LogP contribution in [0.25, 0.3) is 0 Å². The van der Waals surface area contributed by atoms with Crippen LogP contribution in [-0.4, -0.2) is 31.8 Å². The van der Waals surface area contributed by atoms with Gasteiger partial charge in [0.15, 0.2) is 0 Å². The maximum absolute atomic E-state index is 12.2. The van der Waals surface area contributed by atoms with Gasteiger partial charge in [0, 0.05) is 0 Å². The summed E-state index contributed by atoms with van der Waals surface area (Å²) in [6.45, 7) is 4.35. The third kappa shape index (κ3) is 7.26. The van der Waals surface area contributed by atoms with Crippen LogP contribution in [0.15, 0.2) is 30.3 Å². The van der Waals surface area contributed by atoms with Crippen molar-refractivity contribution in [2.24, 2.45) is 5.92 Å². The van der Waals surface area contributed by atoms with Crippen LogP contribution in [0.1, 0.15) is 56.9 Å². The molecule has 1 saturated heterocycles. The number of unbranched alkanes of at least 4 members (excludes halogenated alkanes) is 1. The lowest BCUT2D eigenvalue weighted by Crippen LogP contribution is -2.29. The van der Waals surface area contributed by atoms with Crippen molar-refractivity contribution >= 4 is 12.1 Å². The summed E-state index contributed by atoms with van der Waals surface area (Å²) in [6, 6.07) is 10.0. The van der Waals surface area contributed by atoms with Gasteiger partial charge < -0.3 is 14.8 Å². The summed E-state index contributed by atoms with van der Waals surface area (Å²) in [6.07, 6.45) is 4.20. The van der Waals surface area contributed by atoms with Gasteiger partial charge in [-0.15, -0.1) is 0 Å². The molecule has 0 aliphatic carbocycles. The summed E-state index contributed by atoms with van der Waals surface area (Å²) in [7, 11) is 0. The highest BCUT2D eigenvalue weighted by Gasteiger charge is 2.24. The molecular formula is C20H29NO4. The quantitative estimate of drug-likeness (QED) is 0.437. The summed E-state index contributed by atoms with van der Waals surface area (Å²) in [5.41, 5.74) is 1.12. The minimum atomic E-state index is -0.882. The first kappa shape index (κ1) is 19.4. The molecule has 0 saturated carbocycles. The van der Waals surface area contributed by atoms with Gasteiger partial charge in [0.05, 0.1) is 13.0 Å². The largest absolute Gasteiger partial charge is 0.516 e. The molecule has 0 amide bonds. The van der Waals surface area contributed by atoms with Crippen molar-refractivity contribution in [2.45, 2.75) is 51.4 Å². The van der Waals surface area contributed by atoms with Gasteiger partial charge in [0.1, 0.15) is 0 Å². The van der Waals surface area contributed by atoms with Crippen molar-refractivity contribution in [2.75, 3.05) is 19.7 Å². The van der Waals surface area contributed by atoms with Crippen molar-refractivity contribution in [1.82, 2.24) is 5.32 Å². The Bertz CT molecular complexity index is 526. The average molecular weight is 347 g/mol. The first-order valence-corrected chi connectivity index (χ1v) is 9.32. The molecular weight excluding hydrogens is 318 g/mol. The van der Waals surface area contributed by atoms with Gasteiger partial charge in [0.25, 0.3) is 0 Å². The summed E-state index contributed by atoms with van der Waals surface area (Å²) < 4.78 is 9.73. The van der Waals surface area contributed by atoms with Gasteiger partial charge in [-0.2, -0.15) is 0 Å². The van der Waals surface area contributed by atoms with E-state index in [1.54, 1.807) is 0 Å². The highest BCUT2D eigenvalue weighted by molar-refractivity contribution is 5.82. The standard InChI is InChI=1S/C20H29NO4/c1-2-3-13-24-20(23)25-19(22)15-18(17-7-5-4-6-8-17)14-16-9-11-21-12-10-16/h4-8,16,18,21H,2-3,9-15H2,1H3. The Morgan fingerprint density at radius 2 is 1.92 bits per heavy atom. The van der Waals surface area contributed by atoms with E-state index < -0.39 is 12.1 Å². The van der Waals surface area contributed by atoms with Crippen LogP contribution in [-0.2, 0) is 14.3 Å². The van der Waals surface area contributed by atoms with E-state index in [1.165, 1.54) is 0 Å². The number of nitrogens with one attached hydrogen (secondary N) is 1. The Balaban J connectivity index is 1.90. The van der Waals surface area contributed by atoms with E-state index in [0.717, 1.165) is 50.8 Å². The molecule has 1 aliphatic heterocycles. The lowest BCUT2D eigenvalue weighted by Gasteiger charge is -2.27. The van der Waals surface area contributed by atoms with Crippen LogP contribution < -0.4 is 5.32 Å². The Hall–Kier alpha value is -1.88. The molecule has 25 heavy (non-hydrogen) atoms. The molecule has 1 aromatic rings. The van der Waals surface area contributed by atoms with Gasteiger partial charge in [-0.1, -0.05) is 43.7 Å². The lowest BCUT2D eigenvalue weighted by atomic mass is 9.82. The summed E-state index contributed by atoms with van der Waals surface area (Å²) >= 11 is 0. The second-order valence-corrected chi connectivity index (χ2v) is 6.67. The normalized spacial score (nSPS) is 16.2. The average Bonchev–Trinajstić information content (AvgIpc) is 2.63. The van der Waals surface area contributed by atoms with Gasteiger partial charge >= 0.3 is 12.1 Å². The highest BCUT2D eigenvalue weighted by atomic mass is 16.7. The number of benzene rings is 1. The van der Waals surface area contributed by atoms with Gasteiger partial charge in [0.2, 0.25) is 0 Å². The Labute approximate surface area is 150 Å². The first-order valence-electron chi connectivity index (χ1n) is 9.32. The molecule has 1 aromatic carbocycles. The van der Waals surface area contributed by atoms with Crippen LogP contribution in [0.5, 0.6) is 0 Å². The van der Waals surface area contributed by atoms with Crippen LogP contribution in [0.2, 0.25) is 0 Å². The minimum absolute atomic E-state index is 0.0697. The van der Waals surface area contributed by atoms with Crippen molar-refractivity contribution in [3.8, 4) is 0 Å². The smallest absolute Gasteiger partial charge is 0.434 e. The van der Waals surface area contributed by atoms with Crippen molar-refractivity contribution in [1.29, 1.82) is 0 Å². The van der Waals surface area contributed by atoms with Crippen molar-refractivity contribution in [3.63, 3.8) is 0 Å². The second-order valence-electron chi connectivity index (χ2n) is 6.67. The third-order valence-corrected chi connectivity index (χ3v) is 4.68. The van der Waals surface area contributed by atoms with E-state index in [2.05, 4.69) is 5.32 Å². The molecule has 0 radical (unpaired) electrons. The van der Waals surface area contributed by atoms with Gasteiger partial charge in [-0.25, -0.2) is 4.79 Å². The molecule has 1 aliphatic rings. The fraction of sp³-hybridized carbons (Fsp3) is 0.600. The van der Waals surface area contributed by atoms with E-state index in [9.17, 15) is 9.59 Å². The second kappa shape index (κ2) is 10.9. The molecule has 5 heteroatoms. The van der Waals surface area contributed by atoms with E-state index >= 15 is 0 Å². The van der Waals surface area contributed by atoms with E-state index in [1.807, 2.05) is 37.3 Å². The first-order chi connectivity index (χ1) is 12.2. The number of hydrogen-bond donors (Lipinski definition) is 1. The van der Waals surface area contributed by atoms with Crippen molar-refractivity contribution in [3.05, 3.63) is 35.9 Å². The third-order valence-electron chi connectivity index (χ3n) is 4.68. The Morgan fingerprint density at radius 1 is 1.20 bits per heavy atom. The zero-order valence-corrected chi connectivity index (χ0v) is 15.0. The molecule has 0 aromatic heterocycles. The van der Waals surface area contributed by atoms with Gasteiger partial charge in [-0.3, -0.25) is 4.79 Å². The maximum Gasteiger partial charge on any atom is 0.516 e. The number of carbonyl (C=O) groups excluding carboxylic acids is 2. The zero-order valence-electron chi connectivity index (χ0n) is 15.0. The minimum Gasteiger partial charge on any atom is -0.434 e. The monoisotopic (exact) mass is 347 g/mol. The molecule has 5 nitrogen and oxygen atoms in total. The van der Waals surface area contributed by atoms with E-state index in [-0.39, 0.29) is 12.3 Å². The number of ether oxygens (including phenoxy) is 2. The number of rotatable bonds is 8. The van der Waals surface area contributed by atoms with E-state index in [0.29, 0.717) is 12.5 Å². The zero-order chi connectivity index (χ0) is 17.9. The molecule has 0 spiro atoms. The summed E-state index contributed by atoms with van der Waals surface area (Å²) in [4.78, 5) is 23.7. The van der Waals surface area contributed by atoms with Crippen LogP contribution in [0.4, 0.5) is 4.79 Å². The number of esters is 1. The molecule has 0 bridgehead atoms. The predicted molar refractivity (Wildman–Crippen MR) is 96.4 cm³/mol. The molecule has 1 fully saturated rings. The van der Waals surface area contributed by atoms with Crippen LogP contribution in [0, 0.1) is 5.92 Å². The highest BCUT2D eigenvalue weighted by Crippen LogP contribution is 2.31. The molecule has 1 N–H and O–H groups in total. The lowest BCUT2D eigenvalue weighted by molar-refractivity contribution is -0.140. The van der Waals surface area contributed by atoms with E-state index in [4.69, 9.17) is 9.47 Å².